The molecule has 2 aromatic rings. The zero-order chi connectivity index (χ0) is 9.54. The number of aryl methyl sites for hydroxylation is 2. The largest absolute Gasteiger partial charge is 0.458 e. The molecular formula is C10H8N2O2. The number of aromatic amines is 1. The van der Waals surface area contributed by atoms with E-state index in [4.69, 9.17) is 4.42 Å². The van der Waals surface area contributed by atoms with Gasteiger partial charge in [0.15, 0.2) is 12.0 Å². The number of carbonyl (C=O) groups is 1. The normalized spacial score (nSPS) is 13.4. The Bertz CT molecular complexity index is 496. The van der Waals surface area contributed by atoms with E-state index in [-0.39, 0.29) is 0 Å². The van der Waals surface area contributed by atoms with Gasteiger partial charge in [0.1, 0.15) is 5.76 Å². The van der Waals surface area contributed by atoms with Crippen molar-refractivity contribution in [2.24, 2.45) is 0 Å². The molecule has 2 heterocycles. The first-order valence-electron chi connectivity index (χ1n) is 4.49. The van der Waals surface area contributed by atoms with Crippen molar-refractivity contribution >= 4 is 6.29 Å². The van der Waals surface area contributed by atoms with Crippen molar-refractivity contribution in [3.05, 3.63) is 29.3 Å². The summed E-state index contributed by atoms with van der Waals surface area (Å²) in [6.07, 6.45) is 4.32. The van der Waals surface area contributed by atoms with Gasteiger partial charge in [0.2, 0.25) is 0 Å². The zero-order valence-corrected chi connectivity index (χ0v) is 7.41. The van der Waals surface area contributed by atoms with Gasteiger partial charge in [0.05, 0.1) is 11.9 Å². The minimum atomic E-state index is 0.387. The molecule has 0 atom stereocenters. The average Bonchev–Trinajstić information content (AvgIpc) is 2.82. The Hall–Kier alpha value is -1.84. The van der Waals surface area contributed by atoms with E-state index >= 15 is 0 Å². The quantitative estimate of drug-likeness (QED) is 0.691. The number of aromatic nitrogens is 2. The highest BCUT2D eigenvalue weighted by molar-refractivity contribution is 5.77. The molecule has 0 bridgehead atoms. The van der Waals surface area contributed by atoms with Crippen LogP contribution >= 0.6 is 0 Å². The molecule has 0 amide bonds. The molecular weight excluding hydrogens is 180 g/mol. The standard InChI is InChI=1S/C10H8N2O2/c13-5-7-3-8-9(14-7)2-1-6-4-11-12-10(6)8/h3-5H,1-2H2,(H,11,12). The summed E-state index contributed by atoms with van der Waals surface area (Å²) in [6.45, 7) is 0. The van der Waals surface area contributed by atoms with Gasteiger partial charge in [-0.25, -0.2) is 0 Å². The molecule has 14 heavy (non-hydrogen) atoms. The van der Waals surface area contributed by atoms with Crippen LogP contribution in [0, 0.1) is 0 Å². The average molecular weight is 188 g/mol. The lowest BCUT2D eigenvalue weighted by atomic mass is 9.97. The molecule has 0 fully saturated rings. The Morgan fingerprint density at radius 1 is 1.50 bits per heavy atom. The first-order valence-corrected chi connectivity index (χ1v) is 4.49. The number of aldehydes is 1. The van der Waals surface area contributed by atoms with Gasteiger partial charge >= 0.3 is 0 Å². The molecule has 1 aliphatic rings. The Labute approximate surface area is 79.9 Å². The number of carbonyl (C=O) groups excluding carboxylic acids is 1. The van der Waals surface area contributed by atoms with Crippen LogP contribution in [-0.2, 0) is 12.8 Å². The number of fused-ring (bicyclic) bond motifs is 3. The van der Waals surface area contributed by atoms with Crippen molar-refractivity contribution in [2.75, 3.05) is 0 Å². The molecule has 0 aromatic carbocycles. The molecule has 4 nitrogen and oxygen atoms in total. The number of nitrogens with one attached hydrogen (secondary N) is 1. The number of hydrogen-bond acceptors (Lipinski definition) is 3. The monoisotopic (exact) mass is 188 g/mol. The number of hydrogen-bond donors (Lipinski definition) is 1. The molecule has 1 aliphatic carbocycles. The third-order valence-electron chi connectivity index (χ3n) is 2.55. The van der Waals surface area contributed by atoms with E-state index in [0.717, 1.165) is 36.1 Å². The molecule has 1 N–H and O–H groups in total. The van der Waals surface area contributed by atoms with Crippen molar-refractivity contribution in [3.63, 3.8) is 0 Å². The van der Waals surface area contributed by atoms with E-state index in [2.05, 4.69) is 10.2 Å². The number of rotatable bonds is 1. The van der Waals surface area contributed by atoms with Crippen LogP contribution in [0.1, 0.15) is 21.9 Å². The highest BCUT2D eigenvalue weighted by Crippen LogP contribution is 2.33. The fraction of sp³-hybridized carbons (Fsp3) is 0.200. The number of nitrogens with zero attached hydrogens (tertiary/aromatic N) is 1. The second-order valence-corrected chi connectivity index (χ2v) is 3.37. The van der Waals surface area contributed by atoms with E-state index in [1.54, 1.807) is 6.07 Å². The fourth-order valence-electron chi connectivity index (χ4n) is 1.89. The topological polar surface area (TPSA) is 58.9 Å². The van der Waals surface area contributed by atoms with Crippen LogP contribution in [-0.4, -0.2) is 16.5 Å². The van der Waals surface area contributed by atoms with Gasteiger partial charge in [-0.05, 0) is 18.1 Å². The molecule has 0 unspecified atom stereocenters. The van der Waals surface area contributed by atoms with Gasteiger partial charge in [-0.3, -0.25) is 9.89 Å². The molecule has 0 spiro atoms. The molecule has 2 aromatic heterocycles. The smallest absolute Gasteiger partial charge is 0.185 e. The van der Waals surface area contributed by atoms with E-state index in [1.165, 1.54) is 5.56 Å². The summed E-state index contributed by atoms with van der Waals surface area (Å²) in [4.78, 5) is 10.6. The van der Waals surface area contributed by atoms with Gasteiger partial charge in [0, 0.05) is 12.0 Å². The Morgan fingerprint density at radius 3 is 3.29 bits per heavy atom. The van der Waals surface area contributed by atoms with Crippen LogP contribution in [0.5, 0.6) is 0 Å². The van der Waals surface area contributed by atoms with Crippen LogP contribution < -0.4 is 0 Å². The predicted molar refractivity (Wildman–Crippen MR) is 49.1 cm³/mol. The SMILES string of the molecule is O=Cc1cc2c(o1)CCc1cn[nH]c1-2. The maximum absolute atomic E-state index is 10.6. The lowest BCUT2D eigenvalue weighted by Crippen LogP contribution is -1.99. The van der Waals surface area contributed by atoms with Crippen LogP contribution in [0.25, 0.3) is 11.3 Å². The minimum absolute atomic E-state index is 0.387. The van der Waals surface area contributed by atoms with E-state index in [0.29, 0.717) is 5.76 Å². The third kappa shape index (κ3) is 0.878. The highest BCUT2D eigenvalue weighted by Gasteiger charge is 2.21. The Balaban J connectivity index is 2.24. The van der Waals surface area contributed by atoms with Crippen LogP contribution in [0.2, 0.25) is 0 Å². The fourth-order valence-corrected chi connectivity index (χ4v) is 1.89. The Kier molecular flexibility index (Phi) is 1.39. The Morgan fingerprint density at radius 2 is 2.43 bits per heavy atom. The maximum atomic E-state index is 10.6. The summed E-state index contributed by atoms with van der Waals surface area (Å²) in [5, 5.41) is 6.91. The summed E-state index contributed by atoms with van der Waals surface area (Å²) >= 11 is 0. The third-order valence-corrected chi connectivity index (χ3v) is 2.55. The maximum Gasteiger partial charge on any atom is 0.185 e. The van der Waals surface area contributed by atoms with E-state index < -0.39 is 0 Å². The summed E-state index contributed by atoms with van der Waals surface area (Å²) in [5.74, 6) is 1.27. The first kappa shape index (κ1) is 7.55. The predicted octanol–water partition coefficient (Wildman–Crippen LogP) is 1.58. The number of furan rings is 1. The molecule has 0 aliphatic heterocycles. The first-order chi connectivity index (χ1) is 6.88. The van der Waals surface area contributed by atoms with Crippen LogP contribution in [0.3, 0.4) is 0 Å². The lowest BCUT2D eigenvalue weighted by molar-refractivity contribution is 0.109. The second-order valence-electron chi connectivity index (χ2n) is 3.37. The van der Waals surface area contributed by atoms with Crippen LogP contribution in [0.15, 0.2) is 16.7 Å². The second kappa shape index (κ2) is 2.57. The van der Waals surface area contributed by atoms with E-state index in [9.17, 15) is 4.79 Å². The molecule has 0 saturated carbocycles. The van der Waals surface area contributed by atoms with Gasteiger partial charge in [0.25, 0.3) is 0 Å². The molecule has 3 rings (SSSR count). The molecule has 0 radical (unpaired) electrons. The zero-order valence-electron chi connectivity index (χ0n) is 7.41. The van der Waals surface area contributed by atoms with Crippen molar-refractivity contribution in [1.29, 1.82) is 0 Å². The summed E-state index contributed by atoms with van der Waals surface area (Å²) in [6, 6.07) is 1.76. The van der Waals surface area contributed by atoms with Crippen molar-refractivity contribution in [1.82, 2.24) is 10.2 Å². The van der Waals surface area contributed by atoms with Crippen molar-refractivity contribution in [2.45, 2.75) is 12.8 Å². The van der Waals surface area contributed by atoms with Crippen molar-refractivity contribution < 1.29 is 9.21 Å². The summed E-state index contributed by atoms with van der Waals surface area (Å²) < 4.78 is 5.37. The van der Waals surface area contributed by atoms with Gasteiger partial charge in [-0.15, -0.1) is 0 Å². The number of H-pyrrole nitrogens is 1. The summed E-state index contributed by atoms with van der Waals surface area (Å²) in [7, 11) is 0. The van der Waals surface area contributed by atoms with Gasteiger partial charge in [-0.2, -0.15) is 5.10 Å². The van der Waals surface area contributed by atoms with E-state index in [1.807, 2.05) is 6.20 Å². The molecule has 0 saturated heterocycles. The van der Waals surface area contributed by atoms with Crippen molar-refractivity contribution in [3.8, 4) is 11.3 Å². The highest BCUT2D eigenvalue weighted by atomic mass is 16.3. The summed E-state index contributed by atoms with van der Waals surface area (Å²) in [5.41, 5.74) is 3.16. The molecule has 4 heteroatoms. The van der Waals surface area contributed by atoms with Gasteiger partial charge in [-0.1, -0.05) is 0 Å². The van der Waals surface area contributed by atoms with Crippen LogP contribution in [0.4, 0.5) is 0 Å². The minimum Gasteiger partial charge on any atom is -0.458 e. The lowest BCUT2D eigenvalue weighted by Gasteiger charge is -2.08. The molecule has 70 valence electrons. The van der Waals surface area contributed by atoms with Gasteiger partial charge < -0.3 is 4.42 Å².